The molecule has 0 aromatic rings. The van der Waals surface area contributed by atoms with Crippen LogP contribution in [0.3, 0.4) is 0 Å². The molecule has 0 spiro atoms. The highest BCUT2D eigenvalue weighted by Gasteiger charge is 1.78. The zero-order valence-electron chi connectivity index (χ0n) is 6.95. The van der Waals surface area contributed by atoms with Crippen LogP contribution in [0.15, 0.2) is 37.1 Å². The normalized spacial score (nSPS) is 9.27. The lowest BCUT2D eigenvalue weighted by Gasteiger charge is -1.72. The van der Waals surface area contributed by atoms with Crippen LogP contribution in [-0.2, 0) is 4.79 Å². The van der Waals surface area contributed by atoms with Crippen molar-refractivity contribution in [2.75, 3.05) is 0 Å². The first-order valence-electron chi connectivity index (χ1n) is 3.27. The lowest BCUT2D eigenvalue weighted by atomic mass is 10.3. The molecule has 2 nitrogen and oxygen atoms in total. The first-order valence-corrected chi connectivity index (χ1v) is 3.27. The van der Waals surface area contributed by atoms with Gasteiger partial charge in [0.05, 0.1) is 6.26 Å². The molecule has 0 saturated heterocycles. The summed E-state index contributed by atoms with van der Waals surface area (Å²) in [5, 5.41) is 7.69. The molecule has 1 N–H and O–H groups in total. The Morgan fingerprint density at radius 1 is 1.36 bits per heavy atom. The topological polar surface area (TPSA) is 37.3 Å². The molecule has 62 valence electrons. The molecule has 0 saturated carbocycles. The molecule has 0 radical (unpaired) electrons. The number of carbonyl (C=O) groups excluding carboxylic acids is 1. The maximum atomic E-state index is 10.2. The summed E-state index contributed by atoms with van der Waals surface area (Å²) in [4.78, 5) is 10.2. The van der Waals surface area contributed by atoms with Crippen LogP contribution in [0.1, 0.15) is 13.8 Å². The fourth-order valence-electron chi connectivity index (χ4n) is 0.232. The van der Waals surface area contributed by atoms with Crippen molar-refractivity contribution in [3.8, 4) is 0 Å². The second-order valence-electron chi connectivity index (χ2n) is 1.59. The van der Waals surface area contributed by atoms with Crippen molar-refractivity contribution < 1.29 is 9.90 Å². The summed E-state index contributed by atoms with van der Waals surface area (Å²) >= 11 is 0. The largest absolute Gasteiger partial charge is 0.516 e. The van der Waals surface area contributed by atoms with Gasteiger partial charge in [0.1, 0.15) is 0 Å². The molecule has 11 heavy (non-hydrogen) atoms. The number of allylic oxidation sites excluding steroid dienone is 4. The second-order valence-corrected chi connectivity index (χ2v) is 1.59. The molecular formula is C9H14O2. The monoisotopic (exact) mass is 154 g/mol. The zero-order chi connectivity index (χ0) is 9.11. The van der Waals surface area contributed by atoms with Crippen molar-refractivity contribution in [1.29, 1.82) is 0 Å². The van der Waals surface area contributed by atoms with Gasteiger partial charge < -0.3 is 5.11 Å². The summed E-state index contributed by atoms with van der Waals surface area (Å²) < 4.78 is 0. The maximum Gasteiger partial charge on any atom is 0.177 e. The predicted molar refractivity (Wildman–Crippen MR) is 47.5 cm³/mol. The van der Waals surface area contributed by atoms with Crippen molar-refractivity contribution in [2.24, 2.45) is 0 Å². The summed E-state index contributed by atoms with van der Waals surface area (Å²) in [6.45, 7) is 6.82. The summed E-state index contributed by atoms with van der Waals surface area (Å²) in [6, 6.07) is 0. The first kappa shape index (κ1) is 12.4. The lowest BCUT2D eigenvalue weighted by molar-refractivity contribution is -0.110. The van der Waals surface area contributed by atoms with Crippen LogP contribution in [0.4, 0.5) is 0 Å². The van der Waals surface area contributed by atoms with E-state index in [0.29, 0.717) is 0 Å². The van der Waals surface area contributed by atoms with Crippen molar-refractivity contribution in [3.63, 3.8) is 0 Å². The number of aliphatic hydroxyl groups excluding tert-OH is 1. The Bertz CT molecular complexity index is 151. The summed E-state index contributed by atoms with van der Waals surface area (Å²) in [5.41, 5.74) is 0. The third-order valence-electron chi connectivity index (χ3n) is 0.681. The molecule has 0 unspecified atom stereocenters. The number of carbonyl (C=O) groups is 1. The van der Waals surface area contributed by atoms with E-state index in [1.54, 1.807) is 26.0 Å². The average molecular weight is 154 g/mol. The van der Waals surface area contributed by atoms with Gasteiger partial charge in [-0.05, 0) is 26.0 Å². The van der Waals surface area contributed by atoms with E-state index in [2.05, 4.69) is 6.58 Å². The summed E-state index contributed by atoms with van der Waals surface area (Å²) in [6.07, 6.45) is 6.98. The van der Waals surface area contributed by atoms with E-state index in [-0.39, 0.29) is 5.78 Å². The van der Waals surface area contributed by atoms with Gasteiger partial charge in [0, 0.05) is 0 Å². The predicted octanol–water partition coefficient (Wildman–Crippen LogP) is 2.40. The molecule has 0 rings (SSSR count). The third kappa shape index (κ3) is 17.7. The molecule has 0 bridgehead atoms. The Hall–Kier alpha value is -1.31. The molecule has 0 atom stereocenters. The van der Waals surface area contributed by atoms with Gasteiger partial charge in [0.25, 0.3) is 0 Å². The first-order chi connectivity index (χ1) is 5.22. The van der Waals surface area contributed by atoms with Gasteiger partial charge in [-0.3, -0.25) is 4.79 Å². The van der Waals surface area contributed by atoms with Gasteiger partial charge in [0.15, 0.2) is 5.78 Å². The minimum atomic E-state index is -0.0394. The molecule has 0 amide bonds. The number of rotatable bonds is 2. The van der Waals surface area contributed by atoms with E-state index >= 15 is 0 Å². The smallest absolute Gasteiger partial charge is 0.177 e. The molecule has 0 aliphatic carbocycles. The van der Waals surface area contributed by atoms with Crippen LogP contribution in [0.25, 0.3) is 0 Å². The maximum absolute atomic E-state index is 10.2. The van der Waals surface area contributed by atoms with E-state index in [4.69, 9.17) is 5.11 Å². The highest BCUT2D eigenvalue weighted by Crippen LogP contribution is 1.74. The summed E-state index contributed by atoms with van der Waals surface area (Å²) in [5.74, 6) is -0.0394. The van der Waals surface area contributed by atoms with Crippen LogP contribution in [-0.4, -0.2) is 10.9 Å². The minimum absolute atomic E-state index is 0.0394. The Kier molecular flexibility index (Phi) is 12.9. The van der Waals surface area contributed by atoms with E-state index < -0.39 is 0 Å². The van der Waals surface area contributed by atoms with Gasteiger partial charge in [0.2, 0.25) is 0 Å². The van der Waals surface area contributed by atoms with E-state index in [1.807, 2.05) is 0 Å². The van der Waals surface area contributed by atoms with Gasteiger partial charge in [-0.1, -0.05) is 18.7 Å². The molecule has 0 heterocycles. The zero-order valence-corrected chi connectivity index (χ0v) is 6.95. The van der Waals surface area contributed by atoms with Gasteiger partial charge in [-0.25, -0.2) is 0 Å². The van der Waals surface area contributed by atoms with E-state index in [9.17, 15) is 4.79 Å². The van der Waals surface area contributed by atoms with Crippen LogP contribution < -0.4 is 0 Å². The van der Waals surface area contributed by atoms with Crippen molar-refractivity contribution in [1.82, 2.24) is 0 Å². The molecule has 0 aromatic carbocycles. The fourth-order valence-corrected chi connectivity index (χ4v) is 0.232. The molecule has 0 aromatic heterocycles. The van der Waals surface area contributed by atoms with E-state index in [0.717, 1.165) is 6.26 Å². The van der Waals surface area contributed by atoms with Crippen molar-refractivity contribution in [2.45, 2.75) is 13.8 Å². The van der Waals surface area contributed by atoms with Crippen LogP contribution >= 0.6 is 0 Å². The van der Waals surface area contributed by atoms with Crippen molar-refractivity contribution in [3.05, 3.63) is 37.1 Å². The number of aliphatic hydroxyl groups is 1. The SMILES string of the molecule is C=CC(=O)C=CC.CC=CO. The molecule has 0 fully saturated rings. The Balaban J connectivity index is 0. The van der Waals surface area contributed by atoms with Crippen LogP contribution in [0.2, 0.25) is 0 Å². The van der Waals surface area contributed by atoms with Gasteiger partial charge in [-0.15, -0.1) is 0 Å². The number of hydrogen-bond donors (Lipinski definition) is 1. The Morgan fingerprint density at radius 2 is 1.82 bits per heavy atom. The molecule has 2 heteroatoms. The minimum Gasteiger partial charge on any atom is -0.516 e. The quantitative estimate of drug-likeness (QED) is 0.489. The van der Waals surface area contributed by atoms with E-state index in [1.165, 1.54) is 12.2 Å². The Morgan fingerprint density at radius 3 is 1.91 bits per heavy atom. The number of ketones is 1. The Labute approximate surface area is 67.6 Å². The summed E-state index contributed by atoms with van der Waals surface area (Å²) in [7, 11) is 0. The lowest BCUT2D eigenvalue weighted by Crippen LogP contribution is -1.80. The van der Waals surface area contributed by atoms with Crippen LogP contribution in [0.5, 0.6) is 0 Å². The fraction of sp³-hybridized carbons (Fsp3) is 0.222. The average Bonchev–Trinajstić information content (AvgIpc) is 2.05. The van der Waals surface area contributed by atoms with Gasteiger partial charge in [-0.2, -0.15) is 0 Å². The second kappa shape index (κ2) is 11.5. The molecular weight excluding hydrogens is 140 g/mol. The highest BCUT2D eigenvalue weighted by atomic mass is 16.2. The third-order valence-corrected chi connectivity index (χ3v) is 0.681. The standard InChI is InChI=1S/C6H8O.C3H6O/c1-3-5-6(7)4-2;1-2-3-4/h3-5H,2H2,1H3;2-4H,1H3. The van der Waals surface area contributed by atoms with Crippen molar-refractivity contribution >= 4 is 5.78 Å². The highest BCUT2D eigenvalue weighted by molar-refractivity contribution is 5.98. The number of hydrogen-bond acceptors (Lipinski definition) is 2. The van der Waals surface area contributed by atoms with Crippen LogP contribution in [0, 0.1) is 0 Å². The van der Waals surface area contributed by atoms with Gasteiger partial charge >= 0.3 is 0 Å². The molecule has 0 aliphatic heterocycles. The molecule has 0 aliphatic rings.